The molecule has 1 fully saturated rings. The first-order valence-corrected chi connectivity index (χ1v) is 10.3. The summed E-state index contributed by atoms with van der Waals surface area (Å²) in [5.74, 6) is -0.0432. The summed E-state index contributed by atoms with van der Waals surface area (Å²) in [7, 11) is 0. The van der Waals surface area contributed by atoms with Gasteiger partial charge in [0, 0.05) is 43.0 Å². The van der Waals surface area contributed by atoms with E-state index in [2.05, 4.69) is 19.9 Å². The third kappa shape index (κ3) is 3.37. The van der Waals surface area contributed by atoms with E-state index in [1.165, 1.54) is 24.3 Å². The summed E-state index contributed by atoms with van der Waals surface area (Å²) in [6, 6.07) is 9.42. The van der Waals surface area contributed by atoms with Crippen molar-refractivity contribution in [1.29, 1.82) is 5.26 Å². The molecule has 1 aliphatic heterocycles. The second kappa shape index (κ2) is 7.70. The van der Waals surface area contributed by atoms with Crippen LogP contribution in [0.2, 0.25) is 0 Å². The van der Waals surface area contributed by atoms with Crippen LogP contribution in [0.1, 0.15) is 11.1 Å². The number of hydrogen-bond acceptors (Lipinski definition) is 5. The summed E-state index contributed by atoms with van der Waals surface area (Å²) in [6.07, 6.45) is 3.42. The van der Waals surface area contributed by atoms with Crippen LogP contribution in [-0.2, 0) is 0 Å². The summed E-state index contributed by atoms with van der Waals surface area (Å²) in [6.45, 7) is 3.97. The fraction of sp³-hybridized carbons (Fsp3) is 0.208. The largest absolute Gasteiger partial charge is 0.370 e. The summed E-state index contributed by atoms with van der Waals surface area (Å²) in [5, 5.41) is 9.13. The van der Waals surface area contributed by atoms with Gasteiger partial charge in [0.2, 0.25) is 0 Å². The van der Waals surface area contributed by atoms with Crippen molar-refractivity contribution in [2.45, 2.75) is 6.92 Å². The number of rotatable bonds is 4. The van der Waals surface area contributed by atoms with E-state index in [4.69, 9.17) is 11.0 Å². The predicted octanol–water partition coefficient (Wildman–Crippen LogP) is 4.15. The van der Waals surface area contributed by atoms with Crippen LogP contribution < -0.4 is 10.6 Å². The van der Waals surface area contributed by atoms with Gasteiger partial charge < -0.3 is 15.6 Å². The van der Waals surface area contributed by atoms with Crippen LogP contribution in [0, 0.1) is 35.8 Å². The molecule has 2 aromatic heterocycles. The maximum Gasteiger partial charge on any atom is 0.143 e. The second-order valence-corrected chi connectivity index (χ2v) is 8.15. The van der Waals surface area contributed by atoms with Gasteiger partial charge in [-0.25, -0.2) is 13.8 Å². The Morgan fingerprint density at radius 2 is 1.94 bits per heavy atom. The van der Waals surface area contributed by atoms with Gasteiger partial charge in [0.05, 0.1) is 27.8 Å². The van der Waals surface area contributed by atoms with Gasteiger partial charge in [-0.3, -0.25) is 4.98 Å². The fourth-order valence-corrected chi connectivity index (χ4v) is 4.22. The van der Waals surface area contributed by atoms with Gasteiger partial charge in [-0.15, -0.1) is 0 Å². The molecule has 0 atom stereocenters. The van der Waals surface area contributed by atoms with Gasteiger partial charge in [0.1, 0.15) is 23.5 Å². The van der Waals surface area contributed by atoms with Crippen molar-refractivity contribution in [3.05, 3.63) is 65.5 Å². The molecule has 1 aliphatic rings. The zero-order valence-electron chi connectivity index (χ0n) is 17.4. The van der Waals surface area contributed by atoms with Crippen molar-refractivity contribution in [2.24, 2.45) is 11.7 Å². The number of aromatic nitrogens is 3. The van der Waals surface area contributed by atoms with Gasteiger partial charge >= 0.3 is 0 Å². The number of hydrogen-bond donors (Lipinski definition) is 2. The highest BCUT2D eigenvalue weighted by Crippen LogP contribution is 2.41. The van der Waals surface area contributed by atoms with Crippen molar-refractivity contribution in [3.8, 4) is 28.6 Å². The number of halogens is 2. The first kappa shape index (κ1) is 20.1. The Morgan fingerprint density at radius 1 is 1.16 bits per heavy atom. The van der Waals surface area contributed by atoms with E-state index < -0.39 is 5.82 Å². The van der Waals surface area contributed by atoms with E-state index in [1.807, 2.05) is 19.1 Å². The molecule has 160 valence electrons. The monoisotopic (exact) mass is 430 g/mol. The third-order valence-corrected chi connectivity index (χ3v) is 5.82. The van der Waals surface area contributed by atoms with Crippen LogP contribution >= 0.6 is 0 Å². The van der Waals surface area contributed by atoms with Crippen LogP contribution in [0.3, 0.4) is 0 Å². The van der Waals surface area contributed by atoms with Gasteiger partial charge in [0.15, 0.2) is 0 Å². The predicted molar refractivity (Wildman–Crippen MR) is 119 cm³/mol. The minimum Gasteiger partial charge on any atom is -0.370 e. The van der Waals surface area contributed by atoms with Crippen molar-refractivity contribution < 1.29 is 8.78 Å². The number of aromatic amines is 1. The van der Waals surface area contributed by atoms with Crippen molar-refractivity contribution in [3.63, 3.8) is 0 Å². The molecule has 8 heteroatoms. The highest BCUT2D eigenvalue weighted by molar-refractivity contribution is 5.91. The van der Waals surface area contributed by atoms with Crippen LogP contribution in [-0.4, -0.2) is 34.6 Å². The maximum absolute atomic E-state index is 14.2. The van der Waals surface area contributed by atoms with E-state index in [9.17, 15) is 8.78 Å². The van der Waals surface area contributed by atoms with Gasteiger partial charge in [-0.05, 0) is 42.8 Å². The van der Waals surface area contributed by atoms with E-state index in [0.717, 1.165) is 41.0 Å². The van der Waals surface area contributed by atoms with E-state index in [-0.39, 0.29) is 11.4 Å². The topological polar surface area (TPSA) is 94.6 Å². The molecule has 2 aromatic carbocycles. The summed E-state index contributed by atoms with van der Waals surface area (Å²) >= 11 is 0. The van der Waals surface area contributed by atoms with Gasteiger partial charge in [0.25, 0.3) is 0 Å². The molecule has 5 rings (SSSR count). The first-order valence-electron chi connectivity index (χ1n) is 10.3. The minimum atomic E-state index is -0.605. The molecule has 0 saturated carbocycles. The van der Waals surface area contributed by atoms with Crippen molar-refractivity contribution in [2.75, 3.05) is 24.5 Å². The standard InChI is InChI=1S/C24H20F2N6/c1-13-2-15(4-17(25)3-13)18-9-29-10-19(23(18)32-11-14(7-27)12-32)24-30-21-5-16(8-28)20(26)6-22(21)31-24/h2-6,9-10,14H,7,11-12,27H2,1H3,(H,30,31). The van der Waals surface area contributed by atoms with Crippen molar-refractivity contribution in [1.82, 2.24) is 15.0 Å². The fourth-order valence-electron chi connectivity index (χ4n) is 4.22. The number of fused-ring (bicyclic) bond motifs is 1. The van der Waals surface area contributed by atoms with Gasteiger partial charge in [-0.1, -0.05) is 6.07 Å². The maximum atomic E-state index is 14.2. The zero-order chi connectivity index (χ0) is 22.4. The van der Waals surface area contributed by atoms with E-state index in [1.54, 1.807) is 12.4 Å². The van der Waals surface area contributed by atoms with Crippen LogP contribution in [0.15, 0.2) is 42.7 Å². The van der Waals surface area contributed by atoms with Crippen LogP contribution in [0.5, 0.6) is 0 Å². The second-order valence-electron chi connectivity index (χ2n) is 8.15. The number of nitrogens with two attached hydrogens (primary N) is 1. The Hall–Kier alpha value is -3.83. The Balaban J connectivity index is 1.70. The molecule has 1 saturated heterocycles. The number of pyridine rings is 1. The molecule has 0 bridgehead atoms. The minimum absolute atomic E-state index is 0.0635. The number of benzene rings is 2. The SMILES string of the molecule is Cc1cc(F)cc(-c2cncc(-c3nc4cc(C#N)c(F)cc4[nH]3)c2N2CC(CN)C2)c1. The Labute approximate surface area is 183 Å². The average molecular weight is 430 g/mol. The number of aryl methyl sites for hydroxylation is 1. The molecule has 4 aromatic rings. The average Bonchev–Trinajstić information content (AvgIpc) is 3.14. The number of nitrogens with zero attached hydrogens (tertiary/aromatic N) is 4. The summed E-state index contributed by atoms with van der Waals surface area (Å²) in [5.41, 5.74) is 10.6. The zero-order valence-corrected chi connectivity index (χ0v) is 17.4. The Morgan fingerprint density at radius 3 is 2.66 bits per heavy atom. The van der Waals surface area contributed by atoms with E-state index >= 15 is 0 Å². The molecule has 0 spiro atoms. The number of H-pyrrole nitrogens is 1. The number of imidazole rings is 1. The van der Waals surface area contributed by atoms with Gasteiger partial charge in [-0.2, -0.15) is 5.26 Å². The summed E-state index contributed by atoms with van der Waals surface area (Å²) < 4.78 is 28.3. The molecule has 0 unspecified atom stereocenters. The van der Waals surface area contributed by atoms with E-state index in [0.29, 0.717) is 29.3 Å². The molecule has 3 heterocycles. The van der Waals surface area contributed by atoms with Crippen LogP contribution in [0.25, 0.3) is 33.5 Å². The molecule has 0 radical (unpaired) electrons. The lowest BCUT2D eigenvalue weighted by molar-refractivity contribution is 0.421. The summed E-state index contributed by atoms with van der Waals surface area (Å²) in [4.78, 5) is 14.3. The molecular formula is C24H20F2N6. The molecule has 32 heavy (non-hydrogen) atoms. The Bertz CT molecular complexity index is 1360. The molecular weight excluding hydrogens is 410 g/mol. The number of nitriles is 1. The van der Waals surface area contributed by atoms with Crippen LogP contribution in [0.4, 0.5) is 14.5 Å². The lowest BCUT2D eigenvalue weighted by Crippen LogP contribution is -2.50. The third-order valence-electron chi connectivity index (χ3n) is 5.82. The quantitative estimate of drug-likeness (QED) is 0.507. The highest BCUT2D eigenvalue weighted by atomic mass is 19.1. The normalized spacial score (nSPS) is 13.9. The lowest BCUT2D eigenvalue weighted by atomic mass is 9.94. The molecule has 6 nitrogen and oxygen atoms in total. The molecule has 0 aliphatic carbocycles. The number of anilines is 1. The number of nitrogens with one attached hydrogen (secondary N) is 1. The highest BCUT2D eigenvalue weighted by Gasteiger charge is 2.30. The molecule has 0 amide bonds. The molecule has 3 N–H and O–H groups in total. The van der Waals surface area contributed by atoms with Crippen molar-refractivity contribution >= 4 is 16.7 Å². The first-order chi connectivity index (χ1) is 15.5. The Kier molecular flexibility index (Phi) is 4.83. The lowest BCUT2D eigenvalue weighted by Gasteiger charge is -2.42. The smallest absolute Gasteiger partial charge is 0.143 e.